The van der Waals surface area contributed by atoms with Crippen LogP contribution in [0.15, 0.2) is 34.3 Å². The molecule has 0 unspecified atom stereocenters. The quantitative estimate of drug-likeness (QED) is 0.629. The standard InChI is InChI=1S/C13H16BrF2NO/c1-9(2)5-6-17-8-10-7-11(14)3-4-12(10)18-13(15)16/h3-5,7,13,17H,6,8H2,1-2H3. The number of ether oxygens (including phenoxy) is 1. The van der Waals surface area contributed by atoms with Crippen LogP contribution in [0.4, 0.5) is 8.78 Å². The summed E-state index contributed by atoms with van der Waals surface area (Å²) < 4.78 is 29.8. The summed E-state index contributed by atoms with van der Waals surface area (Å²) in [5.74, 6) is 0.206. The average molecular weight is 320 g/mol. The third kappa shape index (κ3) is 5.60. The number of rotatable bonds is 6. The van der Waals surface area contributed by atoms with Crippen LogP contribution in [0.25, 0.3) is 0 Å². The first-order chi connectivity index (χ1) is 8.49. The topological polar surface area (TPSA) is 21.3 Å². The summed E-state index contributed by atoms with van der Waals surface area (Å²) in [5.41, 5.74) is 1.91. The molecule has 0 spiro atoms. The molecule has 1 aromatic rings. The number of allylic oxidation sites excluding steroid dienone is 1. The van der Waals surface area contributed by atoms with Gasteiger partial charge in [-0.3, -0.25) is 0 Å². The van der Waals surface area contributed by atoms with E-state index in [4.69, 9.17) is 0 Å². The van der Waals surface area contributed by atoms with Crippen molar-refractivity contribution < 1.29 is 13.5 Å². The summed E-state index contributed by atoms with van der Waals surface area (Å²) in [5, 5.41) is 3.15. The number of benzene rings is 1. The Labute approximate surface area is 114 Å². The van der Waals surface area contributed by atoms with Crippen LogP contribution in [-0.4, -0.2) is 13.2 Å². The van der Waals surface area contributed by atoms with Crippen LogP contribution in [0, 0.1) is 0 Å². The smallest absolute Gasteiger partial charge is 0.387 e. The molecule has 1 rings (SSSR count). The Morgan fingerprint density at radius 3 is 2.78 bits per heavy atom. The van der Waals surface area contributed by atoms with Gasteiger partial charge >= 0.3 is 6.61 Å². The largest absolute Gasteiger partial charge is 0.434 e. The van der Waals surface area contributed by atoms with Crippen LogP contribution >= 0.6 is 15.9 Å². The molecule has 18 heavy (non-hydrogen) atoms. The van der Waals surface area contributed by atoms with Gasteiger partial charge in [-0.25, -0.2) is 0 Å². The van der Waals surface area contributed by atoms with Crippen molar-refractivity contribution in [3.8, 4) is 5.75 Å². The molecule has 5 heteroatoms. The number of halogens is 3. The molecule has 100 valence electrons. The molecule has 0 aliphatic rings. The van der Waals surface area contributed by atoms with Crippen molar-refractivity contribution in [1.29, 1.82) is 0 Å². The van der Waals surface area contributed by atoms with Crippen molar-refractivity contribution in [2.75, 3.05) is 6.54 Å². The summed E-state index contributed by atoms with van der Waals surface area (Å²) in [4.78, 5) is 0. The summed E-state index contributed by atoms with van der Waals surface area (Å²) >= 11 is 3.31. The Bertz CT molecular complexity index is 417. The second-order valence-corrected chi connectivity index (χ2v) is 4.96. The van der Waals surface area contributed by atoms with Crippen LogP contribution < -0.4 is 10.1 Å². The second-order valence-electron chi connectivity index (χ2n) is 4.04. The van der Waals surface area contributed by atoms with Gasteiger partial charge in [-0.05, 0) is 32.0 Å². The highest BCUT2D eigenvalue weighted by Gasteiger charge is 2.09. The van der Waals surface area contributed by atoms with Gasteiger partial charge in [-0.15, -0.1) is 0 Å². The van der Waals surface area contributed by atoms with Gasteiger partial charge < -0.3 is 10.1 Å². The van der Waals surface area contributed by atoms with E-state index in [0.29, 0.717) is 18.7 Å². The molecule has 1 N–H and O–H groups in total. The Morgan fingerprint density at radius 1 is 1.44 bits per heavy atom. The Hall–Kier alpha value is -0.940. The third-order valence-corrected chi connectivity index (χ3v) is 2.70. The maximum absolute atomic E-state index is 12.2. The first-order valence-corrected chi connectivity index (χ1v) is 6.35. The first kappa shape index (κ1) is 15.1. The lowest BCUT2D eigenvalue weighted by molar-refractivity contribution is -0.0505. The fourth-order valence-corrected chi connectivity index (χ4v) is 1.79. The van der Waals surface area contributed by atoms with Gasteiger partial charge in [-0.2, -0.15) is 8.78 Å². The normalized spacial score (nSPS) is 10.6. The molecule has 0 radical (unpaired) electrons. The maximum atomic E-state index is 12.2. The molecular weight excluding hydrogens is 304 g/mol. The minimum absolute atomic E-state index is 0.206. The molecule has 0 aromatic heterocycles. The zero-order valence-corrected chi connectivity index (χ0v) is 11.9. The van der Waals surface area contributed by atoms with Crippen molar-refractivity contribution in [2.45, 2.75) is 27.0 Å². The predicted molar refractivity (Wildman–Crippen MR) is 71.9 cm³/mol. The molecule has 0 fully saturated rings. The number of hydrogen-bond donors (Lipinski definition) is 1. The molecule has 0 aliphatic carbocycles. The molecule has 1 aromatic carbocycles. The van der Waals surface area contributed by atoms with E-state index in [9.17, 15) is 8.78 Å². The predicted octanol–water partition coefficient (Wildman–Crippen LogP) is 4.11. The number of nitrogens with one attached hydrogen (secondary N) is 1. The van der Waals surface area contributed by atoms with E-state index in [1.165, 1.54) is 11.6 Å². The SMILES string of the molecule is CC(C)=CCNCc1cc(Br)ccc1OC(F)F. The minimum atomic E-state index is -2.80. The van der Waals surface area contributed by atoms with E-state index in [2.05, 4.69) is 26.0 Å². The van der Waals surface area contributed by atoms with Gasteiger partial charge in [0.05, 0.1) is 0 Å². The monoisotopic (exact) mass is 319 g/mol. The lowest BCUT2D eigenvalue weighted by atomic mass is 10.2. The minimum Gasteiger partial charge on any atom is -0.434 e. The highest BCUT2D eigenvalue weighted by Crippen LogP contribution is 2.24. The summed E-state index contributed by atoms with van der Waals surface area (Å²) in [6, 6.07) is 4.98. The van der Waals surface area contributed by atoms with Gasteiger partial charge in [-0.1, -0.05) is 27.6 Å². The zero-order chi connectivity index (χ0) is 13.5. The molecular formula is C13H16BrF2NO. The Balaban J connectivity index is 2.67. The highest BCUT2D eigenvalue weighted by atomic mass is 79.9. The van der Waals surface area contributed by atoms with Crippen molar-refractivity contribution >= 4 is 15.9 Å². The molecule has 0 saturated carbocycles. The number of alkyl halides is 2. The van der Waals surface area contributed by atoms with Gasteiger partial charge in [0, 0.05) is 23.1 Å². The van der Waals surface area contributed by atoms with Crippen molar-refractivity contribution in [3.05, 3.63) is 39.9 Å². The second kappa shape index (κ2) is 7.48. The molecule has 0 bridgehead atoms. The molecule has 2 nitrogen and oxygen atoms in total. The van der Waals surface area contributed by atoms with Gasteiger partial charge in [0.1, 0.15) is 5.75 Å². The van der Waals surface area contributed by atoms with Crippen molar-refractivity contribution in [3.63, 3.8) is 0 Å². The van der Waals surface area contributed by atoms with E-state index in [0.717, 1.165) is 4.47 Å². The van der Waals surface area contributed by atoms with Crippen LogP contribution in [-0.2, 0) is 6.54 Å². The molecule has 0 atom stereocenters. The Kier molecular flexibility index (Phi) is 6.29. The fraction of sp³-hybridized carbons (Fsp3) is 0.385. The lowest BCUT2D eigenvalue weighted by Crippen LogP contribution is -2.15. The first-order valence-electron chi connectivity index (χ1n) is 5.56. The van der Waals surface area contributed by atoms with Crippen molar-refractivity contribution in [2.24, 2.45) is 0 Å². The molecule has 0 amide bonds. The maximum Gasteiger partial charge on any atom is 0.387 e. The fourth-order valence-electron chi connectivity index (χ4n) is 1.38. The zero-order valence-electron chi connectivity index (χ0n) is 10.3. The van der Waals surface area contributed by atoms with Crippen LogP contribution in [0.2, 0.25) is 0 Å². The molecule has 0 heterocycles. The van der Waals surface area contributed by atoms with E-state index in [-0.39, 0.29) is 5.75 Å². The van der Waals surface area contributed by atoms with Crippen LogP contribution in [0.5, 0.6) is 5.75 Å². The van der Waals surface area contributed by atoms with Gasteiger partial charge in [0.15, 0.2) is 0 Å². The Morgan fingerprint density at radius 2 is 2.17 bits per heavy atom. The number of hydrogen-bond acceptors (Lipinski definition) is 2. The van der Waals surface area contributed by atoms with E-state index in [1.807, 2.05) is 19.9 Å². The van der Waals surface area contributed by atoms with Crippen LogP contribution in [0.1, 0.15) is 19.4 Å². The van der Waals surface area contributed by atoms with Crippen LogP contribution in [0.3, 0.4) is 0 Å². The van der Waals surface area contributed by atoms with Crippen molar-refractivity contribution in [1.82, 2.24) is 5.32 Å². The highest BCUT2D eigenvalue weighted by molar-refractivity contribution is 9.10. The summed E-state index contributed by atoms with van der Waals surface area (Å²) in [6.07, 6.45) is 2.03. The average Bonchev–Trinajstić information content (AvgIpc) is 2.27. The van der Waals surface area contributed by atoms with E-state index in [1.54, 1.807) is 12.1 Å². The van der Waals surface area contributed by atoms with E-state index < -0.39 is 6.61 Å². The summed E-state index contributed by atoms with van der Waals surface area (Å²) in [7, 11) is 0. The third-order valence-electron chi connectivity index (χ3n) is 2.21. The van der Waals surface area contributed by atoms with Gasteiger partial charge in [0.25, 0.3) is 0 Å². The van der Waals surface area contributed by atoms with E-state index >= 15 is 0 Å². The summed E-state index contributed by atoms with van der Waals surface area (Å²) in [6.45, 7) is 2.38. The lowest BCUT2D eigenvalue weighted by Gasteiger charge is -2.11. The van der Waals surface area contributed by atoms with Gasteiger partial charge in [0.2, 0.25) is 0 Å². The molecule has 0 saturated heterocycles. The molecule has 0 aliphatic heterocycles.